The molecular weight excluding hydrogens is 375 g/mol. The maximum absolute atomic E-state index is 13.0. The molecule has 0 bridgehead atoms. The third-order valence-corrected chi connectivity index (χ3v) is 3.84. The van der Waals surface area contributed by atoms with Gasteiger partial charge in [-0.25, -0.2) is 9.18 Å². The van der Waals surface area contributed by atoms with Crippen molar-refractivity contribution in [2.75, 3.05) is 0 Å². The molecule has 0 aliphatic carbocycles. The molecule has 0 fully saturated rings. The van der Waals surface area contributed by atoms with Crippen LogP contribution in [0.2, 0.25) is 5.02 Å². The molecule has 0 saturated heterocycles. The molecule has 22 heavy (non-hydrogen) atoms. The summed E-state index contributed by atoms with van der Waals surface area (Å²) in [6, 6.07) is 9.88. The topological polar surface area (TPSA) is 43.4 Å². The summed E-state index contributed by atoms with van der Waals surface area (Å²) in [6.45, 7) is 1.48. The van der Waals surface area contributed by atoms with Crippen LogP contribution in [0.4, 0.5) is 4.39 Å². The lowest BCUT2D eigenvalue weighted by Gasteiger charge is -2.13. The highest BCUT2D eigenvalue weighted by molar-refractivity contribution is 9.10. The van der Waals surface area contributed by atoms with Gasteiger partial charge in [-0.1, -0.05) is 11.6 Å². The van der Waals surface area contributed by atoms with Gasteiger partial charge < -0.3 is 4.74 Å². The second kappa shape index (κ2) is 7.03. The summed E-state index contributed by atoms with van der Waals surface area (Å²) in [5.41, 5.74) is 0.542. The van der Waals surface area contributed by atoms with E-state index in [1.165, 1.54) is 13.0 Å². The van der Waals surface area contributed by atoms with Gasteiger partial charge in [0, 0.05) is 15.1 Å². The standard InChI is InChI=1S/C16H11BrClFO3/c1-9(15(20)10-2-4-11(18)5-3-10)22-16(21)13-7-6-12(19)8-14(13)17/h2-9H,1H3/t9-/m0/s1. The lowest BCUT2D eigenvalue weighted by Crippen LogP contribution is -2.24. The van der Waals surface area contributed by atoms with Gasteiger partial charge in [0.05, 0.1) is 5.56 Å². The number of halogens is 3. The molecular formula is C16H11BrClFO3. The zero-order valence-electron chi connectivity index (χ0n) is 11.5. The van der Waals surface area contributed by atoms with Crippen LogP contribution >= 0.6 is 27.5 Å². The van der Waals surface area contributed by atoms with Crippen molar-refractivity contribution in [2.45, 2.75) is 13.0 Å². The highest BCUT2D eigenvalue weighted by atomic mass is 79.9. The Kier molecular flexibility index (Phi) is 5.32. The van der Waals surface area contributed by atoms with Crippen LogP contribution < -0.4 is 0 Å². The first-order valence-electron chi connectivity index (χ1n) is 6.34. The van der Waals surface area contributed by atoms with Crippen LogP contribution in [0.5, 0.6) is 0 Å². The first kappa shape index (κ1) is 16.6. The Morgan fingerprint density at radius 3 is 2.41 bits per heavy atom. The number of hydrogen-bond acceptors (Lipinski definition) is 3. The van der Waals surface area contributed by atoms with Crippen molar-refractivity contribution in [3.8, 4) is 0 Å². The number of carbonyl (C=O) groups is 2. The molecule has 6 heteroatoms. The molecule has 0 N–H and O–H groups in total. The van der Waals surface area contributed by atoms with E-state index in [4.69, 9.17) is 16.3 Å². The maximum atomic E-state index is 13.0. The lowest BCUT2D eigenvalue weighted by molar-refractivity contribution is 0.0318. The summed E-state index contributed by atoms with van der Waals surface area (Å²) >= 11 is 8.85. The Bertz CT molecular complexity index is 716. The molecule has 1 atom stereocenters. The van der Waals surface area contributed by atoms with Crippen LogP contribution in [0.3, 0.4) is 0 Å². The molecule has 0 aromatic heterocycles. The van der Waals surface area contributed by atoms with E-state index in [1.54, 1.807) is 24.3 Å². The van der Waals surface area contributed by atoms with E-state index in [0.717, 1.165) is 12.1 Å². The minimum atomic E-state index is -0.967. The average molecular weight is 386 g/mol. The number of carbonyl (C=O) groups excluding carboxylic acids is 2. The molecule has 0 amide bonds. The fraction of sp³-hybridized carbons (Fsp3) is 0.125. The Labute approximate surface area is 140 Å². The second-order valence-electron chi connectivity index (χ2n) is 4.54. The summed E-state index contributed by atoms with van der Waals surface area (Å²) in [6.07, 6.45) is -0.967. The third kappa shape index (κ3) is 3.93. The molecule has 0 aliphatic heterocycles. The SMILES string of the molecule is C[C@H](OC(=O)c1ccc(F)cc1Br)C(=O)c1ccc(Cl)cc1. The van der Waals surface area contributed by atoms with E-state index in [1.807, 2.05) is 0 Å². The van der Waals surface area contributed by atoms with Crippen molar-refractivity contribution < 1.29 is 18.7 Å². The normalized spacial score (nSPS) is 11.8. The fourth-order valence-electron chi connectivity index (χ4n) is 1.78. The molecule has 0 aliphatic rings. The van der Waals surface area contributed by atoms with Gasteiger partial charge in [0.2, 0.25) is 5.78 Å². The van der Waals surface area contributed by atoms with Gasteiger partial charge in [0.1, 0.15) is 5.82 Å². The maximum Gasteiger partial charge on any atom is 0.340 e. The third-order valence-electron chi connectivity index (χ3n) is 2.93. The molecule has 0 unspecified atom stereocenters. The molecule has 0 heterocycles. The summed E-state index contributed by atoms with van der Waals surface area (Å²) in [7, 11) is 0. The number of Topliss-reactive ketones (excluding diaryl/α,β-unsaturated/α-hetero) is 1. The van der Waals surface area contributed by atoms with Gasteiger partial charge in [-0.05, 0) is 65.3 Å². The second-order valence-corrected chi connectivity index (χ2v) is 5.83. The van der Waals surface area contributed by atoms with Crippen molar-refractivity contribution >= 4 is 39.3 Å². The average Bonchev–Trinajstić information content (AvgIpc) is 2.47. The van der Waals surface area contributed by atoms with E-state index in [2.05, 4.69) is 15.9 Å². The molecule has 2 aromatic carbocycles. The Morgan fingerprint density at radius 1 is 1.18 bits per heavy atom. The van der Waals surface area contributed by atoms with Crippen LogP contribution in [-0.2, 0) is 4.74 Å². The summed E-state index contributed by atoms with van der Waals surface area (Å²) < 4.78 is 18.4. The van der Waals surface area contributed by atoms with E-state index in [0.29, 0.717) is 10.6 Å². The van der Waals surface area contributed by atoms with Crippen LogP contribution in [0, 0.1) is 5.82 Å². The van der Waals surface area contributed by atoms with Crippen LogP contribution in [0.15, 0.2) is 46.9 Å². The Balaban J connectivity index is 2.10. The minimum absolute atomic E-state index is 0.150. The molecule has 2 rings (SSSR count). The molecule has 0 spiro atoms. The van der Waals surface area contributed by atoms with E-state index in [9.17, 15) is 14.0 Å². The Morgan fingerprint density at radius 2 is 1.82 bits per heavy atom. The van der Waals surface area contributed by atoms with Gasteiger partial charge in [-0.15, -0.1) is 0 Å². The predicted molar refractivity (Wildman–Crippen MR) is 84.8 cm³/mol. The molecule has 2 aromatic rings. The highest BCUT2D eigenvalue weighted by Crippen LogP contribution is 2.20. The highest BCUT2D eigenvalue weighted by Gasteiger charge is 2.21. The number of esters is 1. The monoisotopic (exact) mass is 384 g/mol. The zero-order valence-corrected chi connectivity index (χ0v) is 13.8. The first-order valence-corrected chi connectivity index (χ1v) is 7.51. The van der Waals surface area contributed by atoms with Gasteiger partial charge in [-0.3, -0.25) is 4.79 Å². The van der Waals surface area contributed by atoms with E-state index < -0.39 is 17.9 Å². The van der Waals surface area contributed by atoms with Gasteiger partial charge in [-0.2, -0.15) is 0 Å². The van der Waals surface area contributed by atoms with Gasteiger partial charge >= 0.3 is 5.97 Å². The quantitative estimate of drug-likeness (QED) is 0.567. The molecule has 114 valence electrons. The smallest absolute Gasteiger partial charge is 0.340 e. The van der Waals surface area contributed by atoms with Crippen LogP contribution in [0.1, 0.15) is 27.6 Å². The van der Waals surface area contributed by atoms with Crippen molar-refractivity contribution in [3.05, 3.63) is 68.9 Å². The summed E-state index contributed by atoms with van der Waals surface area (Å²) in [5, 5.41) is 0.511. The number of benzene rings is 2. The van der Waals surface area contributed by atoms with Crippen molar-refractivity contribution in [2.24, 2.45) is 0 Å². The van der Waals surface area contributed by atoms with Crippen molar-refractivity contribution in [1.82, 2.24) is 0 Å². The fourth-order valence-corrected chi connectivity index (χ4v) is 2.42. The summed E-state index contributed by atoms with van der Waals surface area (Å²) in [5.74, 6) is -1.53. The number of hydrogen-bond donors (Lipinski definition) is 0. The predicted octanol–water partition coefficient (Wildman–Crippen LogP) is 4.67. The number of ketones is 1. The molecule has 0 radical (unpaired) electrons. The molecule has 3 nitrogen and oxygen atoms in total. The van der Waals surface area contributed by atoms with E-state index in [-0.39, 0.29) is 15.8 Å². The van der Waals surface area contributed by atoms with Gasteiger partial charge in [0.25, 0.3) is 0 Å². The number of rotatable bonds is 4. The first-order chi connectivity index (χ1) is 10.4. The van der Waals surface area contributed by atoms with Crippen molar-refractivity contribution in [1.29, 1.82) is 0 Å². The zero-order chi connectivity index (χ0) is 16.3. The lowest BCUT2D eigenvalue weighted by atomic mass is 10.1. The Hall–Kier alpha value is -1.72. The van der Waals surface area contributed by atoms with E-state index >= 15 is 0 Å². The van der Waals surface area contributed by atoms with Crippen LogP contribution in [-0.4, -0.2) is 17.9 Å². The molecule has 0 saturated carbocycles. The largest absolute Gasteiger partial charge is 0.451 e. The summed E-state index contributed by atoms with van der Waals surface area (Å²) in [4.78, 5) is 24.2. The minimum Gasteiger partial charge on any atom is -0.451 e. The number of ether oxygens (including phenoxy) is 1. The van der Waals surface area contributed by atoms with Crippen LogP contribution in [0.25, 0.3) is 0 Å². The van der Waals surface area contributed by atoms with Gasteiger partial charge in [0.15, 0.2) is 6.10 Å². The van der Waals surface area contributed by atoms with Crippen molar-refractivity contribution in [3.63, 3.8) is 0 Å².